The van der Waals surface area contributed by atoms with Gasteiger partial charge in [0.1, 0.15) is 0 Å². The lowest BCUT2D eigenvalue weighted by Gasteiger charge is -2.39. The zero-order chi connectivity index (χ0) is 12.3. The maximum Gasteiger partial charge on any atom is 0.194 e. The van der Waals surface area contributed by atoms with Crippen molar-refractivity contribution in [1.82, 2.24) is 10.2 Å². The molecular weight excluding hydrogens is 234 g/mol. The summed E-state index contributed by atoms with van der Waals surface area (Å²) in [6, 6.07) is 0.639. The smallest absolute Gasteiger partial charge is 0.194 e. The molecule has 4 nitrogen and oxygen atoms in total. The molecule has 98 valence electrons. The van der Waals surface area contributed by atoms with Gasteiger partial charge in [0.05, 0.1) is 12.6 Å². The van der Waals surface area contributed by atoms with E-state index in [9.17, 15) is 0 Å². The maximum absolute atomic E-state index is 9.17. The SMILES string of the molecule is CC(C)SC[C@H]1CCN2CC[C@H](CO)N=C2N1. The number of hydrogen-bond acceptors (Lipinski definition) is 5. The van der Waals surface area contributed by atoms with Crippen molar-refractivity contribution in [2.75, 3.05) is 25.4 Å². The van der Waals surface area contributed by atoms with E-state index >= 15 is 0 Å². The third-order valence-corrected chi connectivity index (χ3v) is 4.52. The molecule has 2 aliphatic heterocycles. The fraction of sp³-hybridized carbons (Fsp3) is 0.917. The van der Waals surface area contributed by atoms with Crippen molar-refractivity contribution in [3.8, 4) is 0 Å². The summed E-state index contributed by atoms with van der Waals surface area (Å²) in [5, 5.41) is 13.4. The van der Waals surface area contributed by atoms with Crippen molar-refractivity contribution in [2.24, 2.45) is 4.99 Å². The summed E-state index contributed by atoms with van der Waals surface area (Å²) in [6.45, 7) is 6.78. The molecule has 2 aliphatic rings. The second kappa shape index (κ2) is 5.96. The minimum Gasteiger partial charge on any atom is -0.394 e. The van der Waals surface area contributed by atoms with Gasteiger partial charge < -0.3 is 15.3 Å². The number of aliphatic hydroxyl groups excluding tert-OH is 1. The molecule has 0 amide bonds. The number of nitrogens with zero attached hydrogens (tertiary/aromatic N) is 2. The first-order chi connectivity index (χ1) is 8.19. The van der Waals surface area contributed by atoms with Crippen molar-refractivity contribution < 1.29 is 5.11 Å². The minimum absolute atomic E-state index is 0.102. The van der Waals surface area contributed by atoms with Crippen molar-refractivity contribution in [3.63, 3.8) is 0 Å². The molecule has 2 atom stereocenters. The van der Waals surface area contributed by atoms with Crippen LogP contribution in [0.3, 0.4) is 0 Å². The zero-order valence-electron chi connectivity index (χ0n) is 10.7. The van der Waals surface area contributed by atoms with E-state index in [-0.39, 0.29) is 12.6 Å². The van der Waals surface area contributed by atoms with Crippen LogP contribution in [0.5, 0.6) is 0 Å². The van der Waals surface area contributed by atoms with Gasteiger partial charge in [-0.3, -0.25) is 0 Å². The van der Waals surface area contributed by atoms with E-state index < -0.39 is 0 Å². The molecule has 0 spiro atoms. The Morgan fingerprint density at radius 2 is 2.24 bits per heavy atom. The summed E-state index contributed by atoms with van der Waals surface area (Å²) in [6.07, 6.45) is 2.18. The summed E-state index contributed by atoms with van der Waals surface area (Å²) in [7, 11) is 0. The number of rotatable bonds is 4. The number of aliphatic imine (C=N–C) groups is 1. The summed E-state index contributed by atoms with van der Waals surface area (Å²) in [4.78, 5) is 6.88. The molecule has 2 rings (SSSR count). The van der Waals surface area contributed by atoms with Crippen LogP contribution >= 0.6 is 11.8 Å². The lowest BCUT2D eigenvalue weighted by Crippen LogP contribution is -2.56. The quantitative estimate of drug-likeness (QED) is 0.786. The van der Waals surface area contributed by atoms with Gasteiger partial charge in [-0.25, -0.2) is 4.99 Å². The predicted molar refractivity (Wildman–Crippen MR) is 73.6 cm³/mol. The van der Waals surface area contributed by atoms with E-state index in [1.807, 2.05) is 11.8 Å². The molecule has 17 heavy (non-hydrogen) atoms. The Labute approximate surface area is 108 Å². The van der Waals surface area contributed by atoms with E-state index in [1.54, 1.807) is 0 Å². The highest BCUT2D eigenvalue weighted by Crippen LogP contribution is 2.18. The first-order valence-corrected chi connectivity index (χ1v) is 7.55. The highest BCUT2D eigenvalue weighted by Gasteiger charge is 2.27. The standard InChI is InChI=1S/C12H23N3OS/c1-9(2)17-8-11-4-6-15-5-3-10(7-16)13-12(15)14-11/h9-11,16H,3-8H2,1-2H3,(H,13,14)/t10-,11-/m1/s1. The zero-order valence-corrected chi connectivity index (χ0v) is 11.5. The third kappa shape index (κ3) is 3.52. The topological polar surface area (TPSA) is 47.9 Å². The van der Waals surface area contributed by atoms with E-state index in [1.165, 1.54) is 6.42 Å². The molecule has 5 heteroatoms. The van der Waals surface area contributed by atoms with E-state index in [2.05, 4.69) is 29.1 Å². The van der Waals surface area contributed by atoms with Crippen molar-refractivity contribution >= 4 is 17.7 Å². The molecule has 2 heterocycles. The molecular formula is C12H23N3OS. The number of nitrogens with one attached hydrogen (secondary N) is 1. The van der Waals surface area contributed by atoms with Crippen molar-refractivity contribution in [1.29, 1.82) is 0 Å². The Morgan fingerprint density at radius 1 is 1.47 bits per heavy atom. The van der Waals surface area contributed by atoms with Gasteiger partial charge in [-0.15, -0.1) is 0 Å². The van der Waals surface area contributed by atoms with Gasteiger partial charge in [0.15, 0.2) is 5.96 Å². The molecule has 1 saturated heterocycles. The molecule has 0 aromatic heterocycles. The Balaban J connectivity index is 1.89. The normalized spacial score (nSPS) is 28.7. The van der Waals surface area contributed by atoms with Crippen LogP contribution in [0.1, 0.15) is 26.7 Å². The number of fused-ring (bicyclic) bond motifs is 1. The molecule has 0 unspecified atom stereocenters. The van der Waals surface area contributed by atoms with E-state index in [0.717, 1.165) is 31.2 Å². The Morgan fingerprint density at radius 3 is 2.94 bits per heavy atom. The van der Waals surface area contributed by atoms with Crippen molar-refractivity contribution in [3.05, 3.63) is 0 Å². The summed E-state index contributed by atoms with van der Waals surface area (Å²) < 4.78 is 0. The molecule has 1 fully saturated rings. The van der Waals surface area contributed by atoms with Crippen LogP contribution in [0.25, 0.3) is 0 Å². The second-order valence-corrected chi connectivity index (χ2v) is 6.69. The molecule has 0 aromatic carbocycles. The maximum atomic E-state index is 9.17. The first-order valence-electron chi connectivity index (χ1n) is 6.50. The van der Waals surface area contributed by atoms with Gasteiger partial charge in [0.25, 0.3) is 0 Å². The molecule has 0 saturated carbocycles. The molecule has 0 radical (unpaired) electrons. The Bertz CT molecular complexity index is 283. The van der Waals surface area contributed by atoms with Crippen LogP contribution in [-0.4, -0.2) is 58.7 Å². The molecule has 0 aromatic rings. The predicted octanol–water partition coefficient (Wildman–Crippen LogP) is 0.912. The summed E-state index contributed by atoms with van der Waals surface area (Å²) in [5.74, 6) is 2.16. The van der Waals surface area contributed by atoms with Crippen LogP contribution in [0.2, 0.25) is 0 Å². The molecule has 0 aliphatic carbocycles. The number of thioether (sulfide) groups is 1. The second-order valence-electron chi connectivity index (χ2n) is 5.08. The van der Waals surface area contributed by atoms with Crippen LogP contribution in [0, 0.1) is 0 Å². The van der Waals surface area contributed by atoms with E-state index in [0.29, 0.717) is 11.3 Å². The fourth-order valence-electron chi connectivity index (χ4n) is 2.21. The first kappa shape index (κ1) is 13.0. The molecule has 2 N–H and O–H groups in total. The van der Waals surface area contributed by atoms with E-state index in [4.69, 9.17) is 5.11 Å². The fourth-order valence-corrected chi connectivity index (χ4v) is 3.08. The molecule has 0 bridgehead atoms. The van der Waals surface area contributed by atoms with Crippen molar-refractivity contribution in [2.45, 2.75) is 44.0 Å². The van der Waals surface area contributed by atoms with Gasteiger partial charge in [0.2, 0.25) is 0 Å². The number of aliphatic hydroxyl groups is 1. The van der Waals surface area contributed by atoms with Gasteiger partial charge in [-0.05, 0) is 18.1 Å². The van der Waals surface area contributed by atoms with Gasteiger partial charge in [-0.1, -0.05) is 13.8 Å². The highest BCUT2D eigenvalue weighted by molar-refractivity contribution is 7.99. The number of hydrogen-bond donors (Lipinski definition) is 2. The van der Waals surface area contributed by atoms with Crippen LogP contribution in [-0.2, 0) is 0 Å². The lowest BCUT2D eigenvalue weighted by atomic mass is 10.1. The average molecular weight is 257 g/mol. The Kier molecular flexibility index (Phi) is 4.56. The average Bonchev–Trinajstić information content (AvgIpc) is 2.35. The van der Waals surface area contributed by atoms with Crippen LogP contribution in [0.4, 0.5) is 0 Å². The van der Waals surface area contributed by atoms with Gasteiger partial charge >= 0.3 is 0 Å². The number of guanidine groups is 1. The summed E-state index contributed by atoms with van der Waals surface area (Å²) >= 11 is 2.00. The lowest BCUT2D eigenvalue weighted by molar-refractivity contribution is 0.227. The third-order valence-electron chi connectivity index (χ3n) is 3.26. The van der Waals surface area contributed by atoms with Gasteiger partial charge in [-0.2, -0.15) is 11.8 Å². The van der Waals surface area contributed by atoms with Crippen LogP contribution in [0.15, 0.2) is 4.99 Å². The highest BCUT2D eigenvalue weighted by atomic mass is 32.2. The summed E-state index contributed by atoms with van der Waals surface area (Å²) in [5.41, 5.74) is 0. The largest absolute Gasteiger partial charge is 0.394 e. The Hall–Kier alpha value is -0.420. The van der Waals surface area contributed by atoms with Gasteiger partial charge in [0, 0.05) is 24.9 Å². The van der Waals surface area contributed by atoms with Crippen LogP contribution < -0.4 is 5.32 Å². The minimum atomic E-state index is 0.102. The monoisotopic (exact) mass is 257 g/mol.